The number of pyridine rings is 1. The van der Waals surface area contributed by atoms with Gasteiger partial charge in [0, 0.05) is 32.2 Å². The van der Waals surface area contributed by atoms with Gasteiger partial charge in [0.1, 0.15) is 11.5 Å². The SMILES string of the molecule is CC(=O)Nc1cc(F)c(-c2nc3cc(C)ccn3c2C[C@H]2CN(C(=O)O)CCO2)c(F)c1F. The highest BCUT2D eigenvalue weighted by Crippen LogP contribution is 2.35. The van der Waals surface area contributed by atoms with Crippen molar-refractivity contribution in [3.05, 3.63) is 53.1 Å². The molecule has 3 heterocycles. The van der Waals surface area contributed by atoms with Gasteiger partial charge in [-0.05, 0) is 24.6 Å². The first-order valence-corrected chi connectivity index (χ1v) is 10.2. The summed E-state index contributed by atoms with van der Waals surface area (Å²) in [5, 5.41) is 11.4. The summed E-state index contributed by atoms with van der Waals surface area (Å²) in [5.41, 5.74) is 0.159. The van der Waals surface area contributed by atoms with Crippen LogP contribution in [0.2, 0.25) is 0 Å². The number of ether oxygens (including phenoxy) is 1. The number of anilines is 1. The zero-order chi connectivity index (χ0) is 23.9. The maximum atomic E-state index is 15.1. The number of carbonyl (C=O) groups is 2. The molecule has 11 heteroatoms. The van der Waals surface area contributed by atoms with Gasteiger partial charge < -0.3 is 24.5 Å². The molecule has 4 rings (SSSR count). The van der Waals surface area contributed by atoms with Crippen LogP contribution in [0, 0.1) is 24.4 Å². The predicted octanol–water partition coefficient (Wildman–Crippen LogP) is 3.61. The fraction of sp³-hybridized carbons (Fsp3) is 0.318. The van der Waals surface area contributed by atoms with E-state index in [0.717, 1.165) is 12.5 Å². The molecule has 0 bridgehead atoms. The zero-order valence-corrected chi connectivity index (χ0v) is 17.9. The minimum absolute atomic E-state index is 0.0641. The molecular weight excluding hydrogens is 441 g/mol. The van der Waals surface area contributed by atoms with Gasteiger partial charge in [-0.1, -0.05) is 0 Å². The first-order chi connectivity index (χ1) is 15.7. The lowest BCUT2D eigenvalue weighted by Gasteiger charge is -2.31. The molecule has 33 heavy (non-hydrogen) atoms. The molecule has 2 N–H and O–H groups in total. The highest BCUT2D eigenvalue weighted by Gasteiger charge is 2.30. The average molecular weight is 462 g/mol. The summed E-state index contributed by atoms with van der Waals surface area (Å²) >= 11 is 0. The highest BCUT2D eigenvalue weighted by molar-refractivity contribution is 5.89. The normalized spacial score (nSPS) is 16.3. The van der Waals surface area contributed by atoms with Gasteiger partial charge in [0.25, 0.3) is 0 Å². The van der Waals surface area contributed by atoms with Crippen LogP contribution in [0.4, 0.5) is 23.7 Å². The number of fused-ring (bicyclic) bond motifs is 1. The molecule has 1 saturated heterocycles. The number of hydrogen-bond acceptors (Lipinski definition) is 4. The number of aromatic nitrogens is 2. The second-order valence-electron chi connectivity index (χ2n) is 7.86. The van der Waals surface area contributed by atoms with Crippen molar-refractivity contribution in [2.75, 3.05) is 25.0 Å². The maximum absolute atomic E-state index is 15.1. The summed E-state index contributed by atoms with van der Waals surface area (Å²) in [7, 11) is 0. The number of hydrogen-bond donors (Lipinski definition) is 2. The second kappa shape index (κ2) is 8.74. The van der Waals surface area contributed by atoms with E-state index >= 15 is 8.78 Å². The first kappa shape index (κ1) is 22.6. The quantitative estimate of drug-likeness (QED) is 0.578. The molecule has 174 valence electrons. The van der Waals surface area contributed by atoms with E-state index in [1.54, 1.807) is 22.7 Å². The van der Waals surface area contributed by atoms with Crippen molar-refractivity contribution >= 4 is 23.3 Å². The smallest absolute Gasteiger partial charge is 0.407 e. The van der Waals surface area contributed by atoms with Gasteiger partial charge in [-0.2, -0.15) is 0 Å². The topological polar surface area (TPSA) is 96.2 Å². The Morgan fingerprint density at radius 1 is 1.27 bits per heavy atom. The number of carbonyl (C=O) groups excluding carboxylic acids is 1. The molecule has 1 fully saturated rings. The Hall–Kier alpha value is -3.60. The number of aryl methyl sites for hydroxylation is 1. The molecule has 0 unspecified atom stereocenters. The first-order valence-electron chi connectivity index (χ1n) is 10.2. The summed E-state index contributed by atoms with van der Waals surface area (Å²) in [6.45, 7) is 3.37. The Balaban J connectivity index is 1.84. The molecule has 2 amide bonds. The summed E-state index contributed by atoms with van der Waals surface area (Å²) < 4.78 is 52.1. The predicted molar refractivity (Wildman–Crippen MR) is 113 cm³/mol. The van der Waals surface area contributed by atoms with E-state index in [0.29, 0.717) is 17.4 Å². The summed E-state index contributed by atoms with van der Waals surface area (Å²) in [4.78, 5) is 28.2. The van der Waals surface area contributed by atoms with Crippen molar-refractivity contribution < 1.29 is 32.6 Å². The number of halogens is 3. The molecule has 3 aromatic rings. The van der Waals surface area contributed by atoms with Crippen LogP contribution in [0.25, 0.3) is 16.9 Å². The Bertz CT molecular complexity index is 1260. The molecular formula is C22H21F3N4O4. The number of morpholine rings is 1. The standard InChI is InChI=1S/C22H21F3N4O4/c1-11-3-4-29-16(8-13-10-28(22(31)32)5-6-33-13)21(27-17(29)7-11)18-14(23)9-15(26-12(2)30)19(24)20(18)25/h3-4,7,9,13H,5-6,8,10H2,1-2H3,(H,26,30)(H,31,32)/t13-/m0/s1. The van der Waals surface area contributed by atoms with Crippen LogP contribution in [-0.4, -0.2) is 57.2 Å². The Morgan fingerprint density at radius 3 is 2.73 bits per heavy atom. The van der Waals surface area contributed by atoms with Crippen molar-refractivity contribution in [2.45, 2.75) is 26.4 Å². The number of rotatable bonds is 4. The third kappa shape index (κ3) is 4.36. The van der Waals surface area contributed by atoms with Crippen LogP contribution in [-0.2, 0) is 16.0 Å². The minimum Gasteiger partial charge on any atom is -0.465 e. The van der Waals surface area contributed by atoms with E-state index in [1.807, 2.05) is 6.92 Å². The van der Waals surface area contributed by atoms with Gasteiger partial charge >= 0.3 is 6.09 Å². The minimum atomic E-state index is -1.49. The lowest BCUT2D eigenvalue weighted by atomic mass is 10.0. The van der Waals surface area contributed by atoms with E-state index < -0.39 is 46.8 Å². The molecule has 1 atom stereocenters. The fourth-order valence-electron chi connectivity index (χ4n) is 3.92. The number of amides is 2. The molecule has 1 aromatic carbocycles. The Labute approximate surface area is 186 Å². The highest BCUT2D eigenvalue weighted by atomic mass is 19.2. The third-order valence-corrected chi connectivity index (χ3v) is 5.42. The molecule has 1 aliphatic rings. The van der Waals surface area contributed by atoms with Crippen LogP contribution in [0.15, 0.2) is 24.4 Å². The maximum Gasteiger partial charge on any atom is 0.407 e. The number of benzene rings is 1. The van der Waals surface area contributed by atoms with Crippen molar-refractivity contribution in [3.8, 4) is 11.3 Å². The number of nitrogens with one attached hydrogen (secondary N) is 1. The third-order valence-electron chi connectivity index (χ3n) is 5.42. The second-order valence-corrected chi connectivity index (χ2v) is 7.86. The molecule has 0 spiro atoms. The molecule has 1 aliphatic heterocycles. The zero-order valence-electron chi connectivity index (χ0n) is 17.9. The average Bonchev–Trinajstić information content (AvgIpc) is 3.08. The Morgan fingerprint density at radius 2 is 2.03 bits per heavy atom. The van der Waals surface area contributed by atoms with Crippen molar-refractivity contribution in [1.82, 2.24) is 14.3 Å². The molecule has 0 aliphatic carbocycles. The molecule has 0 saturated carbocycles. The number of carboxylic acid groups (broad SMARTS) is 1. The van der Waals surface area contributed by atoms with Crippen LogP contribution < -0.4 is 5.32 Å². The number of nitrogens with zero attached hydrogens (tertiary/aromatic N) is 3. The van der Waals surface area contributed by atoms with Gasteiger partial charge in [0.2, 0.25) is 5.91 Å². The fourth-order valence-corrected chi connectivity index (χ4v) is 3.92. The van der Waals surface area contributed by atoms with Crippen LogP contribution in [0.1, 0.15) is 18.2 Å². The van der Waals surface area contributed by atoms with E-state index in [9.17, 15) is 19.1 Å². The Kier molecular flexibility index (Phi) is 5.98. The summed E-state index contributed by atoms with van der Waals surface area (Å²) in [5.74, 6) is -4.68. The molecule has 0 radical (unpaired) electrons. The van der Waals surface area contributed by atoms with Gasteiger partial charge in [-0.15, -0.1) is 0 Å². The van der Waals surface area contributed by atoms with Crippen LogP contribution in [0.5, 0.6) is 0 Å². The van der Waals surface area contributed by atoms with Crippen LogP contribution in [0.3, 0.4) is 0 Å². The largest absolute Gasteiger partial charge is 0.465 e. The molecule has 8 nitrogen and oxygen atoms in total. The number of imidazole rings is 1. The van der Waals surface area contributed by atoms with Crippen LogP contribution >= 0.6 is 0 Å². The van der Waals surface area contributed by atoms with E-state index in [4.69, 9.17) is 4.74 Å². The van der Waals surface area contributed by atoms with Crippen molar-refractivity contribution in [3.63, 3.8) is 0 Å². The summed E-state index contributed by atoms with van der Waals surface area (Å²) in [6, 6.07) is 4.19. The summed E-state index contributed by atoms with van der Waals surface area (Å²) in [6.07, 6.45) is 0.0677. The van der Waals surface area contributed by atoms with Gasteiger partial charge in [0.15, 0.2) is 11.6 Å². The van der Waals surface area contributed by atoms with Crippen molar-refractivity contribution in [1.29, 1.82) is 0 Å². The van der Waals surface area contributed by atoms with E-state index in [1.165, 1.54) is 4.90 Å². The monoisotopic (exact) mass is 462 g/mol. The van der Waals surface area contributed by atoms with Crippen molar-refractivity contribution in [2.24, 2.45) is 0 Å². The van der Waals surface area contributed by atoms with E-state index in [2.05, 4.69) is 10.3 Å². The van der Waals surface area contributed by atoms with Gasteiger partial charge in [-0.3, -0.25) is 4.79 Å². The molecule has 2 aromatic heterocycles. The van der Waals surface area contributed by atoms with Gasteiger partial charge in [0.05, 0.1) is 41.9 Å². The van der Waals surface area contributed by atoms with Gasteiger partial charge in [-0.25, -0.2) is 22.9 Å². The lowest BCUT2D eigenvalue weighted by molar-refractivity contribution is -0.114. The van der Waals surface area contributed by atoms with E-state index in [-0.39, 0.29) is 31.8 Å². The lowest BCUT2D eigenvalue weighted by Crippen LogP contribution is -2.45.